The Labute approximate surface area is 242 Å². The van der Waals surface area contributed by atoms with E-state index in [9.17, 15) is 19.5 Å². The Bertz CT molecular complexity index is 1630. The van der Waals surface area contributed by atoms with Crippen LogP contribution >= 0.6 is 0 Å². The van der Waals surface area contributed by atoms with Gasteiger partial charge < -0.3 is 16.3 Å². The highest BCUT2D eigenvalue weighted by molar-refractivity contribution is 6.34. The van der Waals surface area contributed by atoms with E-state index in [1.165, 1.54) is 33.4 Å². The standard InChI is InChI=1S/C29H32N8O5/c1-17(38)34-23-13-12-18(27(39)37(4)42-5)14-24(23)33-16-26(36-31)29(2,3)25(35-30)15-32-22-11-7-8-19-20(22)9-6-10-21(19)28(40)41/h6-16,31,33H,30H2,1-5H3,(H,34,38)(H,40,41)/p+1/b26-16-,32-15?,35-25+,36-31?. The van der Waals surface area contributed by atoms with Crippen molar-refractivity contribution in [2.75, 3.05) is 19.5 Å². The first kappa shape index (κ1) is 31.3. The highest BCUT2D eigenvalue weighted by atomic mass is 16.7. The number of carbonyl (C=O) groups excluding carboxylic acids is 2. The van der Waals surface area contributed by atoms with Crippen LogP contribution in [0.4, 0.5) is 17.1 Å². The zero-order valence-electron chi connectivity index (χ0n) is 23.9. The predicted molar refractivity (Wildman–Crippen MR) is 159 cm³/mol. The third-order valence-corrected chi connectivity index (χ3v) is 6.59. The van der Waals surface area contributed by atoms with Crippen LogP contribution in [0.5, 0.6) is 0 Å². The normalized spacial score (nSPS) is 12.4. The Morgan fingerprint density at radius 2 is 1.81 bits per heavy atom. The smallest absolute Gasteiger partial charge is 0.336 e. The number of carboxylic acid groups (broad SMARTS) is 1. The molecule has 0 aliphatic carbocycles. The number of nitrogens with zero attached hydrogens (tertiary/aromatic N) is 4. The van der Waals surface area contributed by atoms with E-state index in [0.717, 1.165) is 5.06 Å². The number of fused-ring (bicyclic) bond motifs is 1. The second-order valence-corrected chi connectivity index (χ2v) is 9.68. The second kappa shape index (κ2) is 13.4. The number of aromatic carboxylic acids is 1. The number of carboxylic acids is 1. The van der Waals surface area contributed by atoms with Crippen molar-refractivity contribution in [3.63, 3.8) is 0 Å². The van der Waals surface area contributed by atoms with E-state index >= 15 is 0 Å². The van der Waals surface area contributed by atoms with E-state index in [-0.39, 0.29) is 22.9 Å². The Kier molecular flexibility index (Phi) is 9.97. The summed E-state index contributed by atoms with van der Waals surface area (Å²) >= 11 is 0. The third-order valence-electron chi connectivity index (χ3n) is 6.59. The Balaban J connectivity index is 1.98. The molecule has 0 fully saturated rings. The summed E-state index contributed by atoms with van der Waals surface area (Å²) in [6.07, 6.45) is 3.02. The van der Waals surface area contributed by atoms with E-state index in [2.05, 4.69) is 20.5 Å². The van der Waals surface area contributed by atoms with E-state index in [1.54, 1.807) is 73.9 Å². The summed E-state index contributed by atoms with van der Waals surface area (Å²) in [7, 11) is 2.85. The number of nitrogens with one attached hydrogen (secondary N) is 2. The lowest BCUT2D eigenvalue weighted by Gasteiger charge is -2.22. The van der Waals surface area contributed by atoms with Gasteiger partial charge in [-0.05, 0) is 43.5 Å². The van der Waals surface area contributed by atoms with E-state index in [4.69, 9.17) is 16.2 Å². The number of anilines is 1. The topological polar surface area (TPSA) is 200 Å². The lowest BCUT2D eigenvalue weighted by molar-refractivity contribution is -0.496. The van der Waals surface area contributed by atoms with E-state index in [1.807, 2.05) is 0 Å². The number of hydrogen-bond donors (Lipinski definition) is 5. The Morgan fingerprint density at radius 3 is 2.43 bits per heavy atom. The number of benzene rings is 3. The molecule has 0 saturated carbocycles. The van der Waals surface area contributed by atoms with Gasteiger partial charge in [-0.3, -0.25) is 24.7 Å². The number of quaternary nitrogens is 1. The van der Waals surface area contributed by atoms with Crippen LogP contribution in [0.1, 0.15) is 41.5 Å². The van der Waals surface area contributed by atoms with Crippen molar-refractivity contribution >= 4 is 57.5 Å². The molecule has 0 unspecified atom stereocenters. The van der Waals surface area contributed by atoms with Gasteiger partial charge in [0.2, 0.25) is 5.91 Å². The highest BCUT2D eigenvalue weighted by Gasteiger charge is 2.31. The van der Waals surface area contributed by atoms with Gasteiger partial charge in [0.1, 0.15) is 17.6 Å². The Hall–Kier alpha value is -5.27. The summed E-state index contributed by atoms with van der Waals surface area (Å²) in [4.78, 5) is 45.6. The maximum Gasteiger partial charge on any atom is 0.336 e. The molecule has 0 heterocycles. The average molecular weight is 574 g/mol. The molecule has 3 aromatic carbocycles. The van der Waals surface area contributed by atoms with Gasteiger partial charge in [0.15, 0.2) is 5.69 Å². The number of hydrazone groups is 1. The summed E-state index contributed by atoms with van der Waals surface area (Å²) in [6, 6.07) is 14.8. The van der Waals surface area contributed by atoms with Crippen LogP contribution in [0.25, 0.3) is 10.8 Å². The molecular formula is C29H33N8O5+. The first-order chi connectivity index (χ1) is 19.9. The minimum absolute atomic E-state index is 0.157. The zero-order valence-corrected chi connectivity index (χ0v) is 23.9. The van der Waals surface area contributed by atoms with Crippen LogP contribution in [0.2, 0.25) is 0 Å². The van der Waals surface area contributed by atoms with Crippen LogP contribution < -0.4 is 16.5 Å². The molecule has 42 heavy (non-hydrogen) atoms. The Morgan fingerprint density at radius 1 is 1.12 bits per heavy atom. The predicted octanol–water partition coefficient (Wildman–Crippen LogP) is 3.94. The fourth-order valence-corrected chi connectivity index (χ4v) is 4.17. The number of aliphatic imine (C=N–C) groups is 1. The largest absolute Gasteiger partial charge is 0.478 e. The molecule has 0 spiro atoms. The maximum absolute atomic E-state index is 12.6. The molecule has 0 aliphatic rings. The van der Waals surface area contributed by atoms with Crippen molar-refractivity contribution in [1.82, 2.24) is 5.06 Å². The van der Waals surface area contributed by atoms with Gasteiger partial charge in [-0.1, -0.05) is 24.3 Å². The van der Waals surface area contributed by atoms with E-state index in [0.29, 0.717) is 33.4 Å². The second-order valence-electron chi connectivity index (χ2n) is 9.68. The molecular weight excluding hydrogens is 540 g/mol. The van der Waals surface area contributed by atoms with Gasteiger partial charge in [-0.15, -0.1) is 0 Å². The van der Waals surface area contributed by atoms with Crippen molar-refractivity contribution in [3.05, 3.63) is 77.6 Å². The van der Waals surface area contributed by atoms with Gasteiger partial charge in [-0.25, -0.2) is 15.4 Å². The molecule has 13 heteroatoms. The maximum atomic E-state index is 12.6. The zero-order chi connectivity index (χ0) is 31.0. The molecule has 0 aliphatic heterocycles. The summed E-state index contributed by atoms with van der Waals surface area (Å²) in [5.41, 5.74) is 9.32. The van der Waals surface area contributed by atoms with Crippen LogP contribution in [0.15, 0.2) is 81.7 Å². The molecule has 0 radical (unpaired) electrons. The summed E-state index contributed by atoms with van der Waals surface area (Å²) in [6.45, 7) is 4.89. The minimum Gasteiger partial charge on any atom is -0.478 e. The fourth-order valence-electron chi connectivity index (χ4n) is 4.17. The van der Waals surface area contributed by atoms with Crippen molar-refractivity contribution < 1.29 is 29.6 Å². The number of rotatable bonds is 11. The molecule has 2 amide bonds. The van der Waals surface area contributed by atoms with Crippen molar-refractivity contribution in [3.8, 4) is 0 Å². The number of hydroxylamine groups is 2. The van der Waals surface area contributed by atoms with Gasteiger partial charge >= 0.3 is 5.97 Å². The van der Waals surface area contributed by atoms with Gasteiger partial charge in [-0.2, -0.15) is 10.2 Å². The number of hydrogen-bond acceptors (Lipinski definition) is 9. The molecule has 218 valence electrons. The molecule has 7 N–H and O–H groups in total. The summed E-state index contributed by atoms with van der Waals surface area (Å²) in [5.74, 6) is 4.01. The van der Waals surface area contributed by atoms with Crippen molar-refractivity contribution in [2.24, 2.45) is 26.5 Å². The lowest BCUT2D eigenvalue weighted by Crippen LogP contribution is -2.72. The quantitative estimate of drug-likeness (QED) is 0.0756. The molecule has 0 saturated heterocycles. The third kappa shape index (κ3) is 6.89. The monoisotopic (exact) mass is 573 g/mol. The van der Waals surface area contributed by atoms with Gasteiger partial charge in [0.05, 0.1) is 35.7 Å². The molecule has 0 aromatic heterocycles. The van der Waals surface area contributed by atoms with Gasteiger partial charge in [0, 0.05) is 31.0 Å². The lowest BCUT2D eigenvalue weighted by atomic mass is 9.84. The molecule has 13 nitrogen and oxygen atoms in total. The molecule has 0 atom stereocenters. The van der Waals surface area contributed by atoms with Gasteiger partial charge in [0.25, 0.3) is 5.91 Å². The van der Waals surface area contributed by atoms with Crippen LogP contribution in [0, 0.1) is 10.9 Å². The van der Waals surface area contributed by atoms with Crippen LogP contribution in [-0.4, -0.2) is 54.0 Å². The minimum atomic E-state index is -1.04. The average Bonchev–Trinajstić information content (AvgIpc) is 2.96. The fraction of sp³-hybridized carbons (Fsp3) is 0.207. The van der Waals surface area contributed by atoms with E-state index < -0.39 is 17.3 Å². The van der Waals surface area contributed by atoms with Crippen LogP contribution in [-0.2, 0) is 9.63 Å². The van der Waals surface area contributed by atoms with Crippen LogP contribution in [0.3, 0.4) is 0 Å². The first-order valence-electron chi connectivity index (χ1n) is 12.7. The SMILES string of the molecule is CON(C)C(=O)c1ccc(NC(C)=O)c([NH2+]/C=C(\N=N)C(C)(C)/C(C=Nc2cccc3c(C(=O)O)cccc23)=N/N)c1. The van der Waals surface area contributed by atoms with Crippen molar-refractivity contribution in [1.29, 1.82) is 5.53 Å². The number of amides is 2. The molecule has 3 rings (SSSR count). The molecule has 0 bridgehead atoms. The summed E-state index contributed by atoms with van der Waals surface area (Å²) < 4.78 is 0. The molecule has 3 aromatic rings. The number of allylic oxidation sites excluding steroid dienone is 1. The number of carbonyl (C=O) groups is 3. The first-order valence-corrected chi connectivity index (χ1v) is 12.7. The highest BCUT2D eigenvalue weighted by Crippen LogP contribution is 2.31. The van der Waals surface area contributed by atoms with Crippen molar-refractivity contribution in [2.45, 2.75) is 20.8 Å². The number of nitrogens with two attached hydrogens (primary N) is 2. The summed E-state index contributed by atoms with van der Waals surface area (Å²) in [5, 5.41) is 23.7.